The van der Waals surface area contributed by atoms with E-state index in [1.54, 1.807) is 42.5 Å². The van der Waals surface area contributed by atoms with Gasteiger partial charge in [0.2, 0.25) is 21.8 Å². The van der Waals surface area contributed by atoms with Crippen LogP contribution in [0.15, 0.2) is 42.5 Å². The van der Waals surface area contributed by atoms with E-state index in [0.717, 1.165) is 6.26 Å². The van der Waals surface area contributed by atoms with Crippen molar-refractivity contribution in [3.8, 4) is 5.75 Å². The maximum atomic E-state index is 13.4. The van der Waals surface area contributed by atoms with Crippen LogP contribution >= 0.6 is 23.2 Å². The van der Waals surface area contributed by atoms with Gasteiger partial charge in [-0.2, -0.15) is 0 Å². The molecule has 0 aromatic heterocycles. The molecule has 0 saturated carbocycles. The Morgan fingerprint density at radius 3 is 2.16 bits per heavy atom. The standard InChI is InChI=1S/C26H35Cl2N3O5S/c1-5-24(26(33)29-6-2)30(18-21-22(27)10-8-11-23(21)28)25(32)12-9-17-31(37(4,34)35)19-13-15-20(16-14-19)36-7-3/h8,10-11,13-16,24H,5-7,9,12,17-18H2,1-4H3,(H,29,33). The minimum atomic E-state index is -3.59. The number of benzene rings is 2. The molecule has 2 aromatic carbocycles. The zero-order valence-electron chi connectivity index (χ0n) is 21.7. The van der Waals surface area contributed by atoms with E-state index < -0.39 is 16.1 Å². The van der Waals surface area contributed by atoms with Gasteiger partial charge in [0.25, 0.3) is 0 Å². The Labute approximate surface area is 229 Å². The zero-order chi connectivity index (χ0) is 27.6. The number of ether oxygens (including phenoxy) is 1. The summed E-state index contributed by atoms with van der Waals surface area (Å²) in [6.45, 7) is 6.58. The van der Waals surface area contributed by atoms with Crippen LogP contribution in [0, 0.1) is 0 Å². The van der Waals surface area contributed by atoms with Crippen LogP contribution in [-0.4, -0.2) is 57.1 Å². The number of anilines is 1. The van der Waals surface area contributed by atoms with Crippen molar-refractivity contribution >= 4 is 50.7 Å². The van der Waals surface area contributed by atoms with E-state index in [9.17, 15) is 18.0 Å². The second-order valence-corrected chi connectivity index (χ2v) is 11.1. The molecule has 0 fully saturated rings. The van der Waals surface area contributed by atoms with Crippen LogP contribution in [-0.2, 0) is 26.2 Å². The number of likely N-dealkylation sites (N-methyl/N-ethyl adjacent to an activating group) is 1. The first-order valence-corrected chi connectivity index (χ1v) is 14.8. The third-order valence-corrected chi connectivity index (χ3v) is 7.62. The fourth-order valence-corrected chi connectivity index (χ4v) is 5.43. The van der Waals surface area contributed by atoms with Gasteiger partial charge in [0.1, 0.15) is 11.8 Å². The average Bonchev–Trinajstić information content (AvgIpc) is 2.83. The summed E-state index contributed by atoms with van der Waals surface area (Å²) in [7, 11) is -3.59. The predicted molar refractivity (Wildman–Crippen MR) is 149 cm³/mol. The van der Waals surface area contributed by atoms with E-state index >= 15 is 0 Å². The summed E-state index contributed by atoms with van der Waals surface area (Å²) in [6.07, 6.45) is 1.79. The van der Waals surface area contributed by atoms with Crippen molar-refractivity contribution in [1.82, 2.24) is 10.2 Å². The molecule has 0 radical (unpaired) electrons. The topological polar surface area (TPSA) is 96.0 Å². The van der Waals surface area contributed by atoms with Gasteiger partial charge < -0.3 is 15.0 Å². The average molecular weight is 573 g/mol. The Kier molecular flexibility index (Phi) is 12.0. The first-order valence-electron chi connectivity index (χ1n) is 12.2. The van der Waals surface area contributed by atoms with E-state index in [0.29, 0.717) is 46.6 Å². The summed E-state index contributed by atoms with van der Waals surface area (Å²) in [5.41, 5.74) is 1.03. The van der Waals surface area contributed by atoms with E-state index in [2.05, 4.69) is 5.32 Å². The Balaban J connectivity index is 2.23. The number of carbonyl (C=O) groups is 2. The maximum absolute atomic E-state index is 13.4. The summed E-state index contributed by atoms with van der Waals surface area (Å²) in [4.78, 5) is 27.7. The Hall–Kier alpha value is -2.49. The molecule has 0 aliphatic rings. The van der Waals surface area contributed by atoms with Crippen molar-refractivity contribution in [2.75, 3.05) is 30.3 Å². The van der Waals surface area contributed by atoms with Crippen LogP contribution in [0.2, 0.25) is 10.0 Å². The molecular weight excluding hydrogens is 537 g/mol. The van der Waals surface area contributed by atoms with Crippen LogP contribution in [0.25, 0.3) is 0 Å². The predicted octanol–water partition coefficient (Wildman–Crippen LogP) is 4.88. The molecule has 0 heterocycles. The highest BCUT2D eigenvalue weighted by atomic mass is 35.5. The molecule has 11 heteroatoms. The number of nitrogens with zero attached hydrogens (tertiary/aromatic N) is 2. The van der Waals surface area contributed by atoms with Gasteiger partial charge in [0.15, 0.2) is 0 Å². The lowest BCUT2D eigenvalue weighted by Gasteiger charge is -2.31. The molecule has 2 rings (SSSR count). The van der Waals surface area contributed by atoms with E-state index in [1.165, 1.54) is 9.21 Å². The van der Waals surface area contributed by atoms with Crippen molar-refractivity contribution in [2.45, 2.75) is 52.6 Å². The van der Waals surface area contributed by atoms with Crippen molar-refractivity contribution in [3.63, 3.8) is 0 Å². The van der Waals surface area contributed by atoms with Gasteiger partial charge in [-0.15, -0.1) is 0 Å². The monoisotopic (exact) mass is 571 g/mol. The van der Waals surface area contributed by atoms with Crippen LogP contribution < -0.4 is 14.4 Å². The highest BCUT2D eigenvalue weighted by Crippen LogP contribution is 2.28. The van der Waals surface area contributed by atoms with Gasteiger partial charge in [-0.05, 0) is 63.1 Å². The highest BCUT2D eigenvalue weighted by Gasteiger charge is 2.29. The third kappa shape index (κ3) is 8.79. The molecular formula is C26H35Cl2N3O5S. The summed E-state index contributed by atoms with van der Waals surface area (Å²) in [6, 6.07) is 11.1. The van der Waals surface area contributed by atoms with Gasteiger partial charge in [-0.25, -0.2) is 8.42 Å². The van der Waals surface area contributed by atoms with E-state index in [-0.39, 0.29) is 37.7 Å². The fourth-order valence-electron chi connectivity index (χ4n) is 3.94. The summed E-state index contributed by atoms with van der Waals surface area (Å²) < 4.78 is 31.7. The molecule has 1 N–H and O–H groups in total. The molecule has 204 valence electrons. The molecule has 2 amide bonds. The second kappa shape index (κ2) is 14.4. The lowest BCUT2D eigenvalue weighted by Crippen LogP contribution is -2.49. The smallest absolute Gasteiger partial charge is 0.242 e. The first-order chi connectivity index (χ1) is 17.5. The van der Waals surface area contributed by atoms with Crippen LogP contribution in [0.3, 0.4) is 0 Å². The fraction of sp³-hybridized carbons (Fsp3) is 0.462. The van der Waals surface area contributed by atoms with Crippen LogP contribution in [0.5, 0.6) is 5.75 Å². The van der Waals surface area contributed by atoms with Crippen LogP contribution in [0.1, 0.15) is 45.6 Å². The first kappa shape index (κ1) is 30.7. The summed E-state index contributed by atoms with van der Waals surface area (Å²) in [5, 5.41) is 3.58. The van der Waals surface area contributed by atoms with Gasteiger partial charge in [-0.3, -0.25) is 13.9 Å². The van der Waals surface area contributed by atoms with Gasteiger partial charge in [-0.1, -0.05) is 36.2 Å². The van der Waals surface area contributed by atoms with Crippen molar-refractivity contribution in [1.29, 1.82) is 0 Å². The third-order valence-electron chi connectivity index (χ3n) is 5.71. The molecule has 0 aliphatic carbocycles. The maximum Gasteiger partial charge on any atom is 0.242 e. The quantitative estimate of drug-likeness (QED) is 0.348. The molecule has 1 atom stereocenters. The SMILES string of the molecule is CCNC(=O)C(CC)N(Cc1c(Cl)cccc1Cl)C(=O)CCCN(c1ccc(OCC)cc1)S(C)(=O)=O. The van der Waals surface area contributed by atoms with E-state index in [1.807, 2.05) is 20.8 Å². The zero-order valence-corrected chi connectivity index (χ0v) is 24.0. The number of halogens is 2. The normalized spacial score (nSPS) is 12.1. The minimum Gasteiger partial charge on any atom is -0.494 e. The van der Waals surface area contributed by atoms with Crippen LogP contribution in [0.4, 0.5) is 5.69 Å². The number of amides is 2. The number of nitrogens with one attached hydrogen (secondary N) is 1. The molecule has 8 nitrogen and oxygen atoms in total. The summed E-state index contributed by atoms with van der Waals surface area (Å²) in [5.74, 6) is 0.0719. The molecule has 0 spiro atoms. The Morgan fingerprint density at radius 1 is 1.03 bits per heavy atom. The number of carbonyl (C=O) groups excluding carboxylic acids is 2. The molecule has 37 heavy (non-hydrogen) atoms. The van der Waals surface area contributed by atoms with Gasteiger partial charge in [0, 0.05) is 41.7 Å². The highest BCUT2D eigenvalue weighted by molar-refractivity contribution is 7.92. The minimum absolute atomic E-state index is 0.0288. The van der Waals surface area contributed by atoms with Crippen molar-refractivity contribution in [3.05, 3.63) is 58.1 Å². The second-order valence-electron chi connectivity index (χ2n) is 8.41. The molecule has 1 unspecified atom stereocenters. The Morgan fingerprint density at radius 2 is 1.65 bits per heavy atom. The molecule has 0 bridgehead atoms. The van der Waals surface area contributed by atoms with Gasteiger partial charge >= 0.3 is 0 Å². The van der Waals surface area contributed by atoms with Crippen molar-refractivity contribution < 1.29 is 22.7 Å². The lowest BCUT2D eigenvalue weighted by atomic mass is 10.1. The summed E-state index contributed by atoms with van der Waals surface area (Å²) >= 11 is 12.7. The number of hydrogen-bond acceptors (Lipinski definition) is 5. The van der Waals surface area contributed by atoms with Crippen molar-refractivity contribution in [2.24, 2.45) is 0 Å². The number of rotatable bonds is 14. The molecule has 0 saturated heterocycles. The number of sulfonamides is 1. The largest absolute Gasteiger partial charge is 0.494 e. The van der Waals surface area contributed by atoms with E-state index in [4.69, 9.17) is 27.9 Å². The molecule has 0 aliphatic heterocycles. The lowest BCUT2D eigenvalue weighted by molar-refractivity contribution is -0.141. The number of hydrogen-bond donors (Lipinski definition) is 1. The Bertz CT molecular complexity index is 1140. The molecule has 2 aromatic rings. The van der Waals surface area contributed by atoms with Gasteiger partial charge in [0.05, 0.1) is 18.6 Å².